The van der Waals surface area contributed by atoms with Gasteiger partial charge in [0.25, 0.3) is 0 Å². The number of halogens is 1. The molecule has 1 nitrogen and oxygen atoms in total. The third-order valence-electron chi connectivity index (χ3n) is 3.18. The van der Waals surface area contributed by atoms with Crippen molar-refractivity contribution in [1.82, 2.24) is 0 Å². The number of rotatable bonds is 1. The maximum Gasteiger partial charge on any atom is 0.194 e. The van der Waals surface area contributed by atoms with Crippen molar-refractivity contribution in [2.45, 2.75) is 0 Å². The molecule has 3 aromatic rings. The van der Waals surface area contributed by atoms with E-state index in [0.717, 1.165) is 26.4 Å². The lowest BCUT2D eigenvalue weighted by Gasteiger charge is -2.08. The first-order chi connectivity index (χ1) is 9.29. The maximum atomic E-state index is 7.25. The van der Waals surface area contributed by atoms with Gasteiger partial charge in [0.15, 0.2) is 5.69 Å². The van der Waals surface area contributed by atoms with Gasteiger partial charge in [0, 0.05) is 4.47 Å². The molecular formula is C17H10BrN. The predicted molar refractivity (Wildman–Crippen MR) is 83.3 cm³/mol. The van der Waals surface area contributed by atoms with Gasteiger partial charge in [-0.25, -0.2) is 4.85 Å². The molecule has 0 atom stereocenters. The molecule has 19 heavy (non-hydrogen) atoms. The molecule has 0 aliphatic carbocycles. The summed E-state index contributed by atoms with van der Waals surface area (Å²) < 4.78 is 1.07. The average molecular weight is 308 g/mol. The fourth-order valence-electron chi connectivity index (χ4n) is 2.26. The zero-order valence-electron chi connectivity index (χ0n) is 10.1. The number of hydrogen-bond acceptors (Lipinski definition) is 0. The van der Waals surface area contributed by atoms with Crippen LogP contribution in [0.25, 0.3) is 26.7 Å². The lowest BCUT2D eigenvalue weighted by atomic mass is 9.97. The van der Waals surface area contributed by atoms with E-state index in [9.17, 15) is 0 Å². The van der Waals surface area contributed by atoms with Crippen molar-refractivity contribution < 1.29 is 0 Å². The molecule has 3 rings (SSSR count). The van der Waals surface area contributed by atoms with Crippen molar-refractivity contribution in [3.8, 4) is 11.1 Å². The van der Waals surface area contributed by atoms with E-state index in [1.54, 1.807) is 0 Å². The van der Waals surface area contributed by atoms with Gasteiger partial charge < -0.3 is 0 Å². The molecule has 0 N–H and O–H groups in total. The molecule has 0 spiro atoms. The van der Waals surface area contributed by atoms with E-state index in [1.807, 2.05) is 42.5 Å². The van der Waals surface area contributed by atoms with Crippen LogP contribution in [0.4, 0.5) is 5.69 Å². The Morgan fingerprint density at radius 3 is 2.16 bits per heavy atom. The largest absolute Gasteiger partial charge is 0.238 e. The summed E-state index contributed by atoms with van der Waals surface area (Å²) in [4.78, 5) is 3.59. The number of benzene rings is 3. The molecule has 0 radical (unpaired) electrons. The van der Waals surface area contributed by atoms with Gasteiger partial charge in [0.1, 0.15) is 0 Å². The van der Waals surface area contributed by atoms with Gasteiger partial charge in [0.05, 0.1) is 6.57 Å². The molecule has 0 aliphatic heterocycles. The Morgan fingerprint density at radius 1 is 0.789 bits per heavy atom. The summed E-state index contributed by atoms with van der Waals surface area (Å²) in [5.41, 5.74) is 3.03. The minimum Gasteiger partial charge on any atom is -0.238 e. The summed E-state index contributed by atoms with van der Waals surface area (Å²) >= 11 is 3.45. The summed E-state index contributed by atoms with van der Waals surface area (Å²) in [6.07, 6.45) is 0. The van der Waals surface area contributed by atoms with Crippen LogP contribution in [-0.2, 0) is 0 Å². The third kappa shape index (κ3) is 2.14. The average Bonchev–Trinajstić information content (AvgIpc) is 2.47. The van der Waals surface area contributed by atoms with Crippen molar-refractivity contribution in [1.29, 1.82) is 0 Å². The molecule has 0 aliphatic rings. The van der Waals surface area contributed by atoms with Gasteiger partial charge in [-0.15, -0.1) is 0 Å². The van der Waals surface area contributed by atoms with Crippen LogP contribution in [0.1, 0.15) is 0 Å². The molecule has 0 saturated carbocycles. The van der Waals surface area contributed by atoms with Crippen LogP contribution in [0, 0.1) is 6.57 Å². The molecule has 0 aromatic heterocycles. The van der Waals surface area contributed by atoms with E-state index in [-0.39, 0.29) is 0 Å². The van der Waals surface area contributed by atoms with Gasteiger partial charge in [0.2, 0.25) is 0 Å². The first kappa shape index (κ1) is 12.0. The van der Waals surface area contributed by atoms with E-state index in [4.69, 9.17) is 6.57 Å². The highest BCUT2D eigenvalue weighted by atomic mass is 79.9. The second-order valence-corrected chi connectivity index (χ2v) is 5.21. The fraction of sp³-hybridized carbons (Fsp3) is 0. The monoisotopic (exact) mass is 307 g/mol. The molecule has 0 bridgehead atoms. The van der Waals surface area contributed by atoms with Crippen LogP contribution in [-0.4, -0.2) is 0 Å². The van der Waals surface area contributed by atoms with Gasteiger partial charge in [-0.3, -0.25) is 0 Å². The van der Waals surface area contributed by atoms with E-state index in [1.165, 1.54) is 0 Å². The molecule has 3 aromatic carbocycles. The lowest BCUT2D eigenvalue weighted by molar-refractivity contribution is 1.62. The van der Waals surface area contributed by atoms with Crippen molar-refractivity contribution in [2.75, 3.05) is 0 Å². The summed E-state index contributed by atoms with van der Waals surface area (Å²) in [5, 5.41) is 2.14. The first-order valence-corrected chi connectivity index (χ1v) is 6.74. The quantitative estimate of drug-likeness (QED) is 0.499. The minimum absolute atomic E-state index is 0.705. The molecule has 90 valence electrons. The van der Waals surface area contributed by atoms with Crippen molar-refractivity contribution in [3.05, 3.63) is 76.6 Å². The Hall–Kier alpha value is -2.11. The van der Waals surface area contributed by atoms with Crippen molar-refractivity contribution >= 4 is 32.4 Å². The lowest BCUT2D eigenvalue weighted by Crippen LogP contribution is -1.81. The van der Waals surface area contributed by atoms with Crippen LogP contribution >= 0.6 is 15.9 Å². The highest BCUT2D eigenvalue weighted by molar-refractivity contribution is 9.10. The molecule has 0 saturated heterocycles. The minimum atomic E-state index is 0.705. The Labute approximate surface area is 120 Å². The summed E-state index contributed by atoms with van der Waals surface area (Å²) in [5.74, 6) is 0. The molecule has 0 fully saturated rings. The summed E-state index contributed by atoms with van der Waals surface area (Å²) in [7, 11) is 0. The summed E-state index contributed by atoms with van der Waals surface area (Å²) in [6, 6.07) is 20.2. The molecule has 0 unspecified atom stereocenters. The zero-order chi connectivity index (χ0) is 13.2. The second kappa shape index (κ2) is 4.87. The highest BCUT2D eigenvalue weighted by Crippen LogP contribution is 2.34. The topological polar surface area (TPSA) is 4.36 Å². The molecule has 2 heteroatoms. The smallest absolute Gasteiger partial charge is 0.194 e. The van der Waals surface area contributed by atoms with Crippen LogP contribution < -0.4 is 0 Å². The molecule has 0 amide bonds. The first-order valence-electron chi connectivity index (χ1n) is 5.95. The van der Waals surface area contributed by atoms with Crippen molar-refractivity contribution in [2.24, 2.45) is 0 Å². The maximum absolute atomic E-state index is 7.25. The van der Waals surface area contributed by atoms with Crippen LogP contribution in [0.3, 0.4) is 0 Å². The number of nitrogens with zero attached hydrogens (tertiary/aromatic N) is 1. The van der Waals surface area contributed by atoms with Crippen LogP contribution in [0.2, 0.25) is 0 Å². The van der Waals surface area contributed by atoms with E-state index in [2.05, 4.69) is 39.0 Å². The highest BCUT2D eigenvalue weighted by Gasteiger charge is 2.06. The standard InChI is InChI=1S/C17H10BrN/c1-19-17-11-10-14(12-6-8-13(18)9-7-12)15-4-2-3-5-16(15)17/h2-11H. The van der Waals surface area contributed by atoms with Crippen LogP contribution in [0.5, 0.6) is 0 Å². The second-order valence-electron chi connectivity index (χ2n) is 4.30. The number of hydrogen-bond donors (Lipinski definition) is 0. The van der Waals surface area contributed by atoms with Gasteiger partial charge >= 0.3 is 0 Å². The molecular weight excluding hydrogens is 298 g/mol. The Balaban J connectivity index is 2.31. The summed E-state index contributed by atoms with van der Waals surface area (Å²) in [6.45, 7) is 7.25. The fourth-order valence-corrected chi connectivity index (χ4v) is 2.53. The van der Waals surface area contributed by atoms with Gasteiger partial charge in [-0.05, 0) is 34.0 Å². The van der Waals surface area contributed by atoms with Crippen molar-refractivity contribution in [3.63, 3.8) is 0 Å². The Bertz CT molecular complexity index is 782. The van der Waals surface area contributed by atoms with Gasteiger partial charge in [-0.2, -0.15) is 0 Å². The predicted octanol–water partition coefficient (Wildman–Crippen LogP) is 5.82. The van der Waals surface area contributed by atoms with Crippen LogP contribution in [0.15, 0.2) is 65.1 Å². The Kier molecular flexibility index (Phi) is 3.06. The van der Waals surface area contributed by atoms with E-state index >= 15 is 0 Å². The van der Waals surface area contributed by atoms with Gasteiger partial charge in [-0.1, -0.05) is 64.5 Å². The Morgan fingerprint density at radius 2 is 1.47 bits per heavy atom. The molecule has 0 heterocycles. The van der Waals surface area contributed by atoms with E-state index < -0.39 is 0 Å². The SMILES string of the molecule is [C-]#[N+]c1ccc(-c2ccc(Br)cc2)c2ccccc12. The normalized spacial score (nSPS) is 10.3. The van der Waals surface area contributed by atoms with E-state index in [0.29, 0.717) is 5.69 Å². The third-order valence-corrected chi connectivity index (χ3v) is 3.71. The zero-order valence-corrected chi connectivity index (χ0v) is 11.7. The number of fused-ring (bicyclic) bond motifs is 1.